The molecule has 0 radical (unpaired) electrons. The molecule has 0 saturated heterocycles. The molecule has 1 aromatic rings. The first kappa shape index (κ1) is 14.0. The molecule has 17 heavy (non-hydrogen) atoms. The maximum absolute atomic E-state index is 9.65. The van der Waals surface area contributed by atoms with Gasteiger partial charge in [-0.3, -0.25) is 0 Å². The van der Waals surface area contributed by atoms with Gasteiger partial charge in [-0.15, -0.1) is 0 Å². The quantitative estimate of drug-likeness (QED) is 0.825. The minimum absolute atomic E-state index is 0.311. The SMILES string of the molecule is COc1ccc(C)cc1CNC(C)(C)C(C)O. The predicted molar refractivity (Wildman–Crippen MR) is 70.3 cm³/mol. The summed E-state index contributed by atoms with van der Waals surface area (Å²) in [6.07, 6.45) is -0.404. The van der Waals surface area contributed by atoms with Crippen LogP contribution in [0.4, 0.5) is 0 Å². The molecule has 0 spiro atoms. The fourth-order valence-electron chi connectivity index (χ4n) is 1.52. The Morgan fingerprint density at radius 2 is 2.06 bits per heavy atom. The van der Waals surface area contributed by atoms with Crippen molar-refractivity contribution in [2.24, 2.45) is 0 Å². The van der Waals surface area contributed by atoms with Crippen LogP contribution in [-0.2, 0) is 6.54 Å². The maximum Gasteiger partial charge on any atom is 0.123 e. The van der Waals surface area contributed by atoms with Crippen molar-refractivity contribution in [1.82, 2.24) is 5.32 Å². The van der Waals surface area contributed by atoms with Gasteiger partial charge in [0.25, 0.3) is 0 Å². The van der Waals surface area contributed by atoms with Crippen LogP contribution in [0.5, 0.6) is 5.75 Å². The second-order valence-corrected chi connectivity index (χ2v) is 5.07. The number of aliphatic hydroxyl groups excluding tert-OH is 1. The van der Waals surface area contributed by atoms with Crippen molar-refractivity contribution in [3.8, 4) is 5.75 Å². The Hall–Kier alpha value is -1.06. The summed E-state index contributed by atoms with van der Waals surface area (Å²) < 4.78 is 5.32. The van der Waals surface area contributed by atoms with Gasteiger partial charge in [-0.1, -0.05) is 17.7 Å². The molecule has 0 aliphatic heterocycles. The van der Waals surface area contributed by atoms with Gasteiger partial charge >= 0.3 is 0 Å². The third-order valence-corrected chi connectivity index (χ3v) is 3.21. The normalized spacial score (nSPS) is 13.5. The van der Waals surface area contributed by atoms with Crippen molar-refractivity contribution in [3.63, 3.8) is 0 Å². The summed E-state index contributed by atoms with van der Waals surface area (Å²) in [6, 6.07) is 6.10. The fraction of sp³-hybridized carbons (Fsp3) is 0.571. The molecule has 2 N–H and O–H groups in total. The molecule has 3 nitrogen and oxygen atoms in total. The van der Waals surface area contributed by atoms with Crippen molar-refractivity contribution in [3.05, 3.63) is 29.3 Å². The van der Waals surface area contributed by atoms with Crippen molar-refractivity contribution in [2.45, 2.75) is 45.9 Å². The molecule has 0 fully saturated rings. The van der Waals surface area contributed by atoms with Crippen LogP contribution in [0.1, 0.15) is 31.9 Å². The van der Waals surface area contributed by atoms with Crippen molar-refractivity contribution >= 4 is 0 Å². The van der Waals surface area contributed by atoms with Crippen LogP contribution in [0, 0.1) is 6.92 Å². The molecule has 0 bridgehead atoms. The van der Waals surface area contributed by atoms with E-state index in [1.807, 2.05) is 26.0 Å². The van der Waals surface area contributed by atoms with E-state index in [9.17, 15) is 5.11 Å². The first-order chi connectivity index (χ1) is 7.86. The highest BCUT2D eigenvalue weighted by Gasteiger charge is 2.23. The van der Waals surface area contributed by atoms with Gasteiger partial charge in [-0.05, 0) is 33.8 Å². The number of aryl methyl sites for hydroxylation is 1. The van der Waals surface area contributed by atoms with E-state index in [-0.39, 0.29) is 5.54 Å². The second kappa shape index (κ2) is 5.52. The molecule has 0 aliphatic rings. The largest absolute Gasteiger partial charge is 0.496 e. The number of hydrogen-bond donors (Lipinski definition) is 2. The highest BCUT2D eigenvalue weighted by molar-refractivity contribution is 5.36. The van der Waals surface area contributed by atoms with Gasteiger partial charge in [0.05, 0.1) is 13.2 Å². The number of aliphatic hydroxyl groups is 1. The van der Waals surface area contributed by atoms with E-state index in [1.54, 1.807) is 14.0 Å². The van der Waals surface area contributed by atoms with E-state index in [2.05, 4.69) is 18.3 Å². The van der Waals surface area contributed by atoms with E-state index in [0.717, 1.165) is 11.3 Å². The topological polar surface area (TPSA) is 41.5 Å². The second-order valence-electron chi connectivity index (χ2n) is 5.07. The molecule has 0 aromatic heterocycles. The molecule has 0 aliphatic carbocycles. The molecule has 0 amide bonds. The Kier molecular flexibility index (Phi) is 4.54. The fourth-order valence-corrected chi connectivity index (χ4v) is 1.52. The highest BCUT2D eigenvalue weighted by Crippen LogP contribution is 2.20. The van der Waals surface area contributed by atoms with E-state index >= 15 is 0 Å². The molecule has 1 unspecified atom stereocenters. The molecule has 0 heterocycles. The van der Waals surface area contributed by atoms with E-state index < -0.39 is 6.10 Å². The van der Waals surface area contributed by atoms with Crippen molar-refractivity contribution in [2.75, 3.05) is 7.11 Å². The Labute approximate surface area is 104 Å². The van der Waals surface area contributed by atoms with Crippen LogP contribution in [0.3, 0.4) is 0 Å². The van der Waals surface area contributed by atoms with E-state index in [0.29, 0.717) is 6.54 Å². The van der Waals surface area contributed by atoms with Crippen LogP contribution < -0.4 is 10.1 Å². The number of benzene rings is 1. The van der Waals surface area contributed by atoms with E-state index in [1.165, 1.54) is 5.56 Å². The molecule has 0 saturated carbocycles. The first-order valence-corrected chi connectivity index (χ1v) is 5.93. The van der Waals surface area contributed by atoms with Crippen LogP contribution in [0.15, 0.2) is 18.2 Å². The molecular formula is C14H23NO2. The summed E-state index contributed by atoms with van der Waals surface area (Å²) in [4.78, 5) is 0. The number of nitrogens with one attached hydrogen (secondary N) is 1. The molecule has 1 atom stereocenters. The summed E-state index contributed by atoms with van der Waals surface area (Å²) in [6.45, 7) is 8.51. The number of rotatable bonds is 5. The molecule has 1 aromatic carbocycles. The monoisotopic (exact) mass is 237 g/mol. The standard InChI is InChI=1S/C14H23NO2/c1-10-6-7-13(17-5)12(8-10)9-15-14(3,4)11(2)16/h6-8,11,15-16H,9H2,1-5H3. The van der Waals surface area contributed by atoms with Gasteiger partial charge < -0.3 is 15.2 Å². The maximum atomic E-state index is 9.65. The smallest absolute Gasteiger partial charge is 0.123 e. The van der Waals surface area contributed by atoms with Crippen molar-refractivity contribution < 1.29 is 9.84 Å². The Morgan fingerprint density at radius 3 is 2.59 bits per heavy atom. The van der Waals surface area contributed by atoms with Gasteiger partial charge in [0.2, 0.25) is 0 Å². The zero-order valence-electron chi connectivity index (χ0n) is 11.4. The predicted octanol–water partition coefficient (Wildman–Crippen LogP) is 2.25. The zero-order chi connectivity index (χ0) is 13.1. The lowest BCUT2D eigenvalue weighted by molar-refractivity contribution is 0.0955. The molecule has 3 heteroatoms. The molecular weight excluding hydrogens is 214 g/mol. The lowest BCUT2D eigenvalue weighted by Gasteiger charge is -2.29. The van der Waals surface area contributed by atoms with Crippen LogP contribution >= 0.6 is 0 Å². The van der Waals surface area contributed by atoms with Crippen LogP contribution in [-0.4, -0.2) is 23.9 Å². The minimum Gasteiger partial charge on any atom is -0.496 e. The Morgan fingerprint density at radius 1 is 1.41 bits per heavy atom. The number of ether oxygens (including phenoxy) is 1. The van der Waals surface area contributed by atoms with Crippen LogP contribution in [0.2, 0.25) is 0 Å². The summed E-state index contributed by atoms with van der Waals surface area (Å²) >= 11 is 0. The summed E-state index contributed by atoms with van der Waals surface area (Å²) in [5, 5.41) is 13.0. The Bertz CT molecular complexity index is 372. The van der Waals surface area contributed by atoms with E-state index in [4.69, 9.17) is 4.74 Å². The zero-order valence-corrected chi connectivity index (χ0v) is 11.4. The Balaban J connectivity index is 2.78. The third-order valence-electron chi connectivity index (χ3n) is 3.21. The van der Waals surface area contributed by atoms with Crippen LogP contribution in [0.25, 0.3) is 0 Å². The average Bonchev–Trinajstić information content (AvgIpc) is 2.26. The van der Waals surface area contributed by atoms with Gasteiger partial charge in [0.15, 0.2) is 0 Å². The van der Waals surface area contributed by atoms with Gasteiger partial charge in [0, 0.05) is 17.6 Å². The minimum atomic E-state index is -0.404. The number of hydrogen-bond acceptors (Lipinski definition) is 3. The summed E-state index contributed by atoms with van der Waals surface area (Å²) in [7, 11) is 1.67. The lowest BCUT2D eigenvalue weighted by Crippen LogP contribution is -2.47. The van der Waals surface area contributed by atoms with Gasteiger partial charge in [-0.25, -0.2) is 0 Å². The number of methoxy groups -OCH3 is 1. The summed E-state index contributed by atoms with van der Waals surface area (Å²) in [5.41, 5.74) is 2.01. The lowest BCUT2D eigenvalue weighted by atomic mass is 9.98. The summed E-state index contributed by atoms with van der Waals surface area (Å²) in [5.74, 6) is 0.879. The van der Waals surface area contributed by atoms with Gasteiger partial charge in [-0.2, -0.15) is 0 Å². The van der Waals surface area contributed by atoms with Crippen molar-refractivity contribution in [1.29, 1.82) is 0 Å². The molecule has 1 rings (SSSR count). The first-order valence-electron chi connectivity index (χ1n) is 5.93. The van der Waals surface area contributed by atoms with Gasteiger partial charge in [0.1, 0.15) is 5.75 Å². The average molecular weight is 237 g/mol. The third kappa shape index (κ3) is 3.72. The molecule has 96 valence electrons. The highest BCUT2D eigenvalue weighted by atomic mass is 16.5.